The number of hydrogen-bond donors (Lipinski definition) is 5. The van der Waals surface area contributed by atoms with Crippen molar-refractivity contribution < 1.29 is 9.47 Å². The fraction of sp³-hybridized carbons (Fsp3) is 0.149. The molecule has 0 amide bonds. The van der Waals surface area contributed by atoms with E-state index in [9.17, 15) is 0 Å². The molecule has 0 fully saturated rings. The van der Waals surface area contributed by atoms with E-state index in [2.05, 4.69) is 98.6 Å². The lowest BCUT2D eigenvalue weighted by Crippen LogP contribution is -2.14. The lowest BCUT2D eigenvalue weighted by Gasteiger charge is -2.19. The lowest BCUT2D eigenvalue weighted by molar-refractivity contribution is 0.537. The van der Waals surface area contributed by atoms with Crippen molar-refractivity contribution in [2.24, 2.45) is 0 Å². The van der Waals surface area contributed by atoms with Gasteiger partial charge in [0, 0.05) is 47.5 Å². The first kappa shape index (κ1) is 37.4. The number of halogens is 1. The highest BCUT2D eigenvalue weighted by atomic mass is 127. The quantitative estimate of drug-likeness (QED) is 0.0474. The molecule has 5 N–H and O–H groups in total. The number of ether oxygens (including phenoxy) is 2. The van der Waals surface area contributed by atoms with Crippen LogP contribution in [-0.4, -0.2) is 28.6 Å². The first-order chi connectivity index (χ1) is 26.1. The number of aromatic amines is 1. The highest BCUT2D eigenvalue weighted by molar-refractivity contribution is 14.1. The maximum Gasteiger partial charge on any atom is 0.221 e. The summed E-state index contributed by atoms with van der Waals surface area (Å²) >= 11 is 2.39. The van der Waals surface area contributed by atoms with Gasteiger partial charge in [0.25, 0.3) is 0 Å². The number of rotatable bonds is 7. The Morgan fingerprint density at radius 2 is 0.745 bits per heavy atom. The van der Waals surface area contributed by atoms with E-state index in [-0.39, 0.29) is 32.4 Å². The van der Waals surface area contributed by atoms with Gasteiger partial charge < -0.3 is 14.5 Å². The van der Waals surface area contributed by atoms with Crippen LogP contribution in [0.3, 0.4) is 0 Å². The van der Waals surface area contributed by atoms with E-state index < -0.39 is 0 Å². The summed E-state index contributed by atoms with van der Waals surface area (Å²) in [6, 6.07) is 43.5. The van der Waals surface area contributed by atoms with Crippen LogP contribution < -0.4 is 0 Å². The molecule has 8 heteroatoms. The van der Waals surface area contributed by atoms with Gasteiger partial charge in [0.2, 0.25) is 23.6 Å². The molecular weight excluding hydrogens is 793 g/mol. The van der Waals surface area contributed by atoms with Gasteiger partial charge in [-0.3, -0.25) is 21.6 Å². The van der Waals surface area contributed by atoms with Crippen molar-refractivity contribution in [3.8, 4) is 22.3 Å². The number of aromatic nitrogens is 1. The average molecular weight is 836 g/mol. The Hall–Kier alpha value is -5.87. The minimum absolute atomic E-state index is 0.0126. The predicted molar refractivity (Wildman–Crippen MR) is 235 cm³/mol. The molecule has 0 saturated carbocycles. The van der Waals surface area contributed by atoms with E-state index >= 15 is 0 Å². The van der Waals surface area contributed by atoms with Gasteiger partial charge in [-0.15, -0.1) is 0 Å². The standard InChI is InChI=1S/C47H42IN5O2/c1-46(2,3)36-20-14-32(15-21-36)44(51)54-42(49)30-10-6-28(7-11-30)34-18-24-40-38(26-34)39-27-35(19-25-41(39)53-40)29-8-12-31(13-9-29)43(50)55-45(52)33-16-22-37(23-17-33)47(4,5)48/h6-27,49-53H,1-5H3. The zero-order valence-corrected chi connectivity index (χ0v) is 33.6. The molecule has 7 aromatic rings. The van der Waals surface area contributed by atoms with Crippen molar-refractivity contribution in [2.45, 2.75) is 43.5 Å². The van der Waals surface area contributed by atoms with Crippen LogP contribution in [0.15, 0.2) is 133 Å². The van der Waals surface area contributed by atoms with Gasteiger partial charge in [0.05, 0.1) is 0 Å². The van der Waals surface area contributed by atoms with Crippen molar-refractivity contribution in [1.82, 2.24) is 4.98 Å². The predicted octanol–water partition coefficient (Wildman–Crippen LogP) is 12.4. The van der Waals surface area contributed by atoms with E-state index in [1.165, 1.54) is 5.56 Å². The number of nitrogens with one attached hydrogen (secondary N) is 5. The highest BCUT2D eigenvalue weighted by Gasteiger charge is 2.18. The lowest BCUT2D eigenvalue weighted by atomic mass is 9.87. The van der Waals surface area contributed by atoms with Crippen LogP contribution in [0.5, 0.6) is 0 Å². The molecule has 1 heterocycles. The molecule has 0 spiro atoms. The van der Waals surface area contributed by atoms with Crippen LogP contribution in [0.2, 0.25) is 0 Å². The number of fused-ring (bicyclic) bond motifs is 3. The normalized spacial score (nSPS) is 11.7. The molecule has 0 aliphatic heterocycles. The van der Waals surface area contributed by atoms with Gasteiger partial charge in [-0.05, 0) is 125 Å². The van der Waals surface area contributed by atoms with Gasteiger partial charge in [0.1, 0.15) is 0 Å². The zero-order valence-electron chi connectivity index (χ0n) is 31.4. The summed E-state index contributed by atoms with van der Waals surface area (Å²) in [5.74, 6) is -0.267. The van der Waals surface area contributed by atoms with E-state index in [0.29, 0.717) is 22.3 Å². The van der Waals surface area contributed by atoms with Crippen molar-refractivity contribution in [3.05, 3.63) is 167 Å². The maximum atomic E-state index is 8.52. The molecule has 0 atom stereocenters. The first-order valence-corrected chi connectivity index (χ1v) is 19.1. The Kier molecular flexibility index (Phi) is 10.0. The average Bonchev–Trinajstić information content (AvgIpc) is 3.54. The third-order valence-electron chi connectivity index (χ3n) is 9.81. The summed E-state index contributed by atoms with van der Waals surface area (Å²) in [6.07, 6.45) is 0. The van der Waals surface area contributed by atoms with Gasteiger partial charge >= 0.3 is 0 Å². The Morgan fingerprint density at radius 1 is 0.436 bits per heavy atom. The number of hydrogen-bond acceptors (Lipinski definition) is 6. The van der Waals surface area contributed by atoms with Crippen LogP contribution >= 0.6 is 22.6 Å². The number of alkyl halides is 1. The Morgan fingerprint density at radius 3 is 1.07 bits per heavy atom. The third-order valence-corrected chi connectivity index (χ3v) is 10.4. The summed E-state index contributed by atoms with van der Waals surface area (Å²) in [6.45, 7) is 10.7. The summed E-state index contributed by atoms with van der Waals surface area (Å²) < 4.78 is 11.3. The molecule has 0 aliphatic rings. The second kappa shape index (κ2) is 14.8. The van der Waals surface area contributed by atoms with Crippen molar-refractivity contribution in [3.63, 3.8) is 0 Å². The van der Waals surface area contributed by atoms with E-state index in [4.69, 9.17) is 31.1 Å². The first-order valence-electron chi connectivity index (χ1n) is 18.0. The van der Waals surface area contributed by atoms with Gasteiger partial charge in [-0.1, -0.05) is 104 Å². The van der Waals surface area contributed by atoms with E-state index in [0.717, 1.165) is 49.6 Å². The summed E-state index contributed by atoms with van der Waals surface area (Å²) in [7, 11) is 0. The van der Waals surface area contributed by atoms with Crippen LogP contribution in [0.4, 0.5) is 0 Å². The largest absolute Gasteiger partial charge is 0.421 e. The van der Waals surface area contributed by atoms with Crippen LogP contribution in [0.25, 0.3) is 44.1 Å². The maximum absolute atomic E-state index is 8.52. The molecule has 0 bridgehead atoms. The summed E-state index contributed by atoms with van der Waals surface area (Å²) in [5.41, 5.74) is 11.0. The van der Waals surface area contributed by atoms with Gasteiger partial charge in [0.15, 0.2) is 0 Å². The van der Waals surface area contributed by atoms with E-state index in [1.807, 2.05) is 97.1 Å². The molecule has 0 saturated heterocycles. The Labute approximate surface area is 334 Å². The third kappa shape index (κ3) is 8.15. The van der Waals surface area contributed by atoms with Crippen LogP contribution in [0.1, 0.15) is 68.0 Å². The molecule has 274 valence electrons. The summed E-state index contributed by atoms with van der Waals surface area (Å²) in [4.78, 5) is 3.54. The SMILES string of the molecule is CC(C)(C)c1ccc(C(=N)OC(=N)c2ccc(-c3ccc4[nH]c5ccc(-c6ccc(C(=N)OC(=N)c7ccc(C(C)(C)I)cc7)cc6)cc5c4c3)cc2)cc1. The molecule has 7 nitrogen and oxygen atoms in total. The molecule has 0 radical (unpaired) electrons. The Balaban J connectivity index is 1.04. The zero-order chi connectivity index (χ0) is 39.1. The number of H-pyrrole nitrogens is 1. The number of benzene rings is 6. The molecule has 1 aromatic heterocycles. The molecule has 6 aromatic carbocycles. The molecule has 7 rings (SSSR count). The monoisotopic (exact) mass is 835 g/mol. The molecule has 0 unspecified atom stereocenters. The van der Waals surface area contributed by atoms with Crippen LogP contribution in [-0.2, 0) is 18.3 Å². The van der Waals surface area contributed by atoms with Crippen molar-refractivity contribution in [1.29, 1.82) is 21.6 Å². The van der Waals surface area contributed by atoms with Crippen molar-refractivity contribution >= 4 is 68.0 Å². The smallest absolute Gasteiger partial charge is 0.221 e. The molecular formula is C47H42IN5O2. The summed E-state index contributed by atoms with van der Waals surface area (Å²) in [5, 5.41) is 36.1. The molecule has 55 heavy (non-hydrogen) atoms. The van der Waals surface area contributed by atoms with E-state index in [1.54, 1.807) is 0 Å². The second-order valence-electron chi connectivity index (χ2n) is 15.2. The Bertz CT molecular complexity index is 2410. The topological polar surface area (TPSA) is 130 Å². The fourth-order valence-electron chi connectivity index (χ4n) is 6.46. The minimum Gasteiger partial charge on any atom is -0.421 e. The van der Waals surface area contributed by atoms with Gasteiger partial charge in [-0.2, -0.15) is 0 Å². The molecule has 0 aliphatic carbocycles. The fourth-order valence-corrected chi connectivity index (χ4v) is 6.82. The van der Waals surface area contributed by atoms with Crippen LogP contribution in [0, 0.1) is 21.6 Å². The van der Waals surface area contributed by atoms with Gasteiger partial charge in [-0.25, -0.2) is 0 Å². The second-order valence-corrected chi connectivity index (χ2v) is 17.9. The minimum atomic E-state index is -0.0757. The highest BCUT2D eigenvalue weighted by Crippen LogP contribution is 2.34. The van der Waals surface area contributed by atoms with Crippen molar-refractivity contribution in [2.75, 3.05) is 0 Å².